The van der Waals surface area contributed by atoms with E-state index >= 15 is 0 Å². The number of hydrogen-bond acceptors (Lipinski definition) is 2. The Morgan fingerprint density at radius 3 is 2.39 bits per heavy atom. The summed E-state index contributed by atoms with van der Waals surface area (Å²) in [5.41, 5.74) is 5.52. The zero-order valence-corrected chi connectivity index (χ0v) is 13.3. The van der Waals surface area contributed by atoms with Crippen molar-refractivity contribution in [3.8, 4) is 0 Å². The molecule has 2 nitrogen and oxygen atoms in total. The van der Waals surface area contributed by atoms with E-state index in [1.807, 2.05) is 6.92 Å². The third kappa shape index (κ3) is 2.53. The van der Waals surface area contributed by atoms with Crippen molar-refractivity contribution in [1.29, 1.82) is 0 Å². The minimum Gasteiger partial charge on any atom is -0.355 e. The molecule has 0 atom stereocenters. The number of hydrogen-bond donors (Lipinski definition) is 1. The second-order valence-corrected chi connectivity index (χ2v) is 5.99. The Kier molecular flexibility index (Phi) is 3.23. The highest BCUT2D eigenvalue weighted by Gasteiger charge is 2.08. The van der Waals surface area contributed by atoms with Crippen molar-refractivity contribution in [2.45, 2.75) is 13.8 Å². The van der Waals surface area contributed by atoms with Gasteiger partial charge in [-0.05, 0) is 37.4 Å². The van der Waals surface area contributed by atoms with Crippen molar-refractivity contribution >= 4 is 33.1 Å². The number of aryl methyl sites for hydroxylation is 2. The highest BCUT2D eigenvalue weighted by Crippen LogP contribution is 2.31. The molecule has 0 aliphatic rings. The Bertz CT molecular complexity index is 1000. The van der Waals surface area contributed by atoms with Crippen LogP contribution in [0.3, 0.4) is 0 Å². The van der Waals surface area contributed by atoms with Crippen molar-refractivity contribution in [3.63, 3.8) is 0 Å². The third-order valence-corrected chi connectivity index (χ3v) is 4.16. The summed E-state index contributed by atoms with van der Waals surface area (Å²) in [7, 11) is 0. The van der Waals surface area contributed by atoms with E-state index in [-0.39, 0.29) is 0 Å². The molecule has 0 radical (unpaired) electrons. The molecular weight excluding hydrogens is 280 g/mol. The van der Waals surface area contributed by atoms with Crippen LogP contribution >= 0.6 is 0 Å². The van der Waals surface area contributed by atoms with E-state index in [4.69, 9.17) is 4.98 Å². The second kappa shape index (κ2) is 5.40. The number of pyridine rings is 1. The zero-order chi connectivity index (χ0) is 15.8. The largest absolute Gasteiger partial charge is 0.355 e. The molecule has 0 fully saturated rings. The quantitative estimate of drug-likeness (QED) is 0.477. The first kappa shape index (κ1) is 13.8. The summed E-state index contributed by atoms with van der Waals surface area (Å²) in [4.78, 5) is 4.78. The van der Waals surface area contributed by atoms with Gasteiger partial charge in [0.15, 0.2) is 0 Å². The summed E-state index contributed by atoms with van der Waals surface area (Å²) >= 11 is 0. The number of aromatic nitrogens is 1. The summed E-state index contributed by atoms with van der Waals surface area (Å²) in [6, 6.07) is 23.3. The minimum atomic E-state index is 1.02. The highest BCUT2D eigenvalue weighted by atomic mass is 14.9. The van der Waals surface area contributed by atoms with Crippen LogP contribution in [0, 0.1) is 13.8 Å². The summed E-state index contributed by atoms with van der Waals surface area (Å²) in [6.45, 7) is 4.14. The van der Waals surface area contributed by atoms with Gasteiger partial charge in [0.05, 0.1) is 5.52 Å². The molecule has 4 rings (SSSR count). The maximum atomic E-state index is 4.78. The molecular formula is C21H18N2. The second-order valence-electron chi connectivity index (χ2n) is 5.99. The molecule has 0 saturated carbocycles. The van der Waals surface area contributed by atoms with E-state index in [2.05, 4.69) is 79.0 Å². The van der Waals surface area contributed by atoms with Crippen LogP contribution in [0.25, 0.3) is 21.7 Å². The highest BCUT2D eigenvalue weighted by molar-refractivity contribution is 6.09. The van der Waals surface area contributed by atoms with Gasteiger partial charge in [0, 0.05) is 27.8 Å². The number of rotatable bonds is 2. The summed E-state index contributed by atoms with van der Waals surface area (Å²) in [5.74, 6) is 0. The number of fused-ring (bicyclic) bond motifs is 3. The SMILES string of the molecule is Cc1ccc(Nc2cc(C)nc3c2ccc2ccccc23)cc1. The van der Waals surface area contributed by atoms with Gasteiger partial charge < -0.3 is 5.32 Å². The first-order valence-electron chi connectivity index (χ1n) is 7.83. The fourth-order valence-electron chi connectivity index (χ4n) is 2.98. The molecule has 0 amide bonds. The lowest BCUT2D eigenvalue weighted by Crippen LogP contribution is -1.95. The first-order valence-corrected chi connectivity index (χ1v) is 7.83. The molecule has 0 spiro atoms. The molecule has 2 heteroatoms. The normalized spacial score (nSPS) is 11.0. The maximum Gasteiger partial charge on any atom is 0.0804 e. The van der Waals surface area contributed by atoms with E-state index in [1.165, 1.54) is 16.3 Å². The van der Waals surface area contributed by atoms with Gasteiger partial charge in [-0.2, -0.15) is 0 Å². The lowest BCUT2D eigenvalue weighted by Gasteiger charge is -2.12. The molecule has 1 aromatic heterocycles. The van der Waals surface area contributed by atoms with Gasteiger partial charge in [-0.1, -0.05) is 54.1 Å². The lowest BCUT2D eigenvalue weighted by atomic mass is 10.0. The molecule has 4 aromatic rings. The topological polar surface area (TPSA) is 24.9 Å². The van der Waals surface area contributed by atoms with Gasteiger partial charge in [0.1, 0.15) is 0 Å². The molecule has 0 saturated heterocycles. The van der Waals surface area contributed by atoms with Crippen molar-refractivity contribution in [2.75, 3.05) is 5.32 Å². The Balaban J connectivity index is 1.92. The van der Waals surface area contributed by atoms with E-state index in [1.54, 1.807) is 0 Å². The Labute approximate surface area is 135 Å². The predicted molar refractivity (Wildman–Crippen MR) is 98.4 cm³/mol. The first-order chi connectivity index (χ1) is 11.2. The Hall–Kier alpha value is -2.87. The van der Waals surface area contributed by atoms with E-state index < -0.39 is 0 Å². The van der Waals surface area contributed by atoms with Crippen LogP contribution in [-0.2, 0) is 0 Å². The smallest absolute Gasteiger partial charge is 0.0804 e. The average molecular weight is 298 g/mol. The molecule has 1 heterocycles. The van der Waals surface area contributed by atoms with Crippen molar-refractivity contribution in [2.24, 2.45) is 0 Å². The molecule has 3 aromatic carbocycles. The molecule has 1 N–H and O–H groups in total. The maximum absolute atomic E-state index is 4.78. The number of nitrogens with zero attached hydrogens (tertiary/aromatic N) is 1. The number of anilines is 2. The van der Waals surface area contributed by atoms with Crippen LogP contribution in [0.5, 0.6) is 0 Å². The third-order valence-electron chi connectivity index (χ3n) is 4.16. The van der Waals surface area contributed by atoms with Gasteiger partial charge in [0.2, 0.25) is 0 Å². The number of nitrogens with one attached hydrogen (secondary N) is 1. The van der Waals surface area contributed by atoms with Gasteiger partial charge in [0.25, 0.3) is 0 Å². The van der Waals surface area contributed by atoms with Crippen LogP contribution in [0.2, 0.25) is 0 Å². The van der Waals surface area contributed by atoms with Crippen LogP contribution in [0.1, 0.15) is 11.3 Å². The summed E-state index contributed by atoms with van der Waals surface area (Å²) in [6.07, 6.45) is 0. The molecule has 0 unspecified atom stereocenters. The van der Waals surface area contributed by atoms with Crippen molar-refractivity contribution in [3.05, 3.63) is 78.0 Å². The molecule has 0 aliphatic carbocycles. The Morgan fingerprint density at radius 2 is 1.57 bits per heavy atom. The van der Waals surface area contributed by atoms with Crippen LogP contribution in [0.4, 0.5) is 11.4 Å². The zero-order valence-electron chi connectivity index (χ0n) is 13.3. The van der Waals surface area contributed by atoms with Crippen LogP contribution < -0.4 is 5.32 Å². The standard InChI is InChI=1S/C21H18N2/c1-14-7-10-17(11-8-14)23-20-13-15(2)22-21-18-6-4-3-5-16(18)9-12-19(20)21/h3-13H,1-2H3,(H,22,23). The van der Waals surface area contributed by atoms with Crippen molar-refractivity contribution in [1.82, 2.24) is 4.98 Å². The van der Waals surface area contributed by atoms with Gasteiger partial charge >= 0.3 is 0 Å². The van der Waals surface area contributed by atoms with Crippen LogP contribution in [0.15, 0.2) is 66.7 Å². The van der Waals surface area contributed by atoms with Gasteiger partial charge in [-0.3, -0.25) is 4.98 Å². The predicted octanol–water partition coefficient (Wildman–Crippen LogP) is 5.75. The number of benzene rings is 3. The Morgan fingerprint density at radius 1 is 0.783 bits per heavy atom. The molecule has 0 aliphatic heterocycles. The fourth-order valence-corrected chi connectivity index (χ4v) is 2.98. The van der Waals surface area contributed by atoms with E-state index in [9.17, 15) is 0 Å². The summed E-state index contributed by atoms with van der Waals surface area (Å²) < 4.78 is 0. The lowest BCUT2D eigenvalue weighted by molar-refractivity contribution is 1.26. The average Bonchev–Trinajstić information content (AvgIpc) is 2.57. The molecule has 23 heavy (non-hydrogen) atoms. The monoisotopic (exact) mass is 298 g/mol. The van der Waals surface area contributed by atoms with Gasteiger partial charge in [-0.25, -0.2) is 0 Å². The van der Waals surface area contributed by atoms with E-state index in [0.717, 1.165) is 28.0 Å². The molecule has 0 bridgehead atoms. The van der Waals surface area contributed by atoms with Gasteiger partial charge in [-0.15, -0.1) is 0 Å². The van der Waals surface area contributed by atoms with Crippen molar-refractivity contribution < 1.29 is 0 Å². The fraction of sp³-hybridized carbons (Fsp3) is 0.0952. The minimum absolute atomic E-state index is 1.02. The van der Waals surface area contributed by atoms with Crippen LogP contribution in [-0.4, -0.2) is 4.98 Å². The summed E-state index contributed by atoms with van der Waals surface area (Å²) in [5, 5.41) is 7.10. The van der Waals surface area contributed by atoms with E-state index in [0.29, 0.717) is 0 Å². The molecule has 112 valence electrons.